The van der Waals surface area contributed by atoms with E-state index < -0.39 is 29.5 Å². The van der Waals surface area contributed by atoms with Crippen molar-refractivity contribution in [1.82, 2.24) is 20.2 Å². The van der Waals surface area contributed by atoms with Crippen molar-refractivity contribution in [3.63, 3.8) is 0 Å². The molecule has 19 heavy (non-hydrogen) atoms. The first kappa shape index (κ1) is 14.9. The van der Waals surface area contributed by atoms with E-state index in [1.165, 1.54) is 40.0 Å². The average molecular weight is 272 g/mol. The lowest BCUT2D eigenvalue weighted by Crippen LogP contribution is -2.68. The van der Waals surface area contributed by atoms with Crippen molar-refractivity contribution in [2.75, 3.05) is 28.2 Å². The fourth-order valence-electron chi connectivity index (χ4n) is 1.45. The zero-order valence-corrected chi connectivity index (χ0v) is 11.4. The molecule has 0 aromatic heterocycles. The van der Waals surface area contributed by atoms with Gasteiger partial charge in [-0.2, -0.15) is 0 Å². The maximum absolute atomic E-state index is 12.0. The summed E-state index contributed by atoms with van der Waals surface area (Å²) in [6.45, 7) is 1.19. The highest BCUT2D eigenvalue weighted by Crippen LogP contribution is 2.22. The Morgan fingerprint density at radius 1 is 1.16 bits per heavy atom. The average Bonchev–Trinajstić information content (AvgIpc) is 2.38. The minimum Gasteiger partial charge on any atom is -0.329 e. The molecule has 0 bridgehead atoms. The number of carbonyl (C=O) groups is 4. The van der Waals surface area contributed by atoms with Crippen LogP contribution in [-0.4, -0.2) is 72.4 Å². The topological polar surface area (TPSA) is 99.3 Å². The Labute approximate surface area is 110 Å². The second kappa shape index (κ2) is 4.84. The van der Waals surface area contributed by atoms with E-state index in [4.69, 9.17) is 4.84 Å². The molecular weight excluding hydrogens is 256 g/mol. The number of hydrogen-bond donors (Lipinski definition) is 1. The first-order valence-corrected chi connectivity index (χ1v) is 5.38. The molecule has 1 aliphatic rings. The second-order valence-electron chi connectivity index (χ2n) is 4.45. The fourth-order valence-corrected chi connectivity index (χ4v) is 1.45. The minimum absolute atomic E-state index is 0.635. The molecule has 0 aromatic carbocycles. The molecule has 0 aliphatic carbocycles. The largest absolute Gasteiger partial charge is 0.340 e. The smallest absolute Gasteiger partial charge is 0.329 e. The van der Waals surface area contributed by atoms with Crippen LogP contribution in [0.15, 0.2) is 0 Å². The van der Waals surface area contributed by atoms with Crippen LogP contribution in [0, 0.1) is 0 Å². The number of hydroxylamine groups is 1. The number of nitrogens with zero attached hydrogens (tertiary/aromatic N) is 3. The maximum atomic E-state index is 12.0. The van der Waals surface area contributed by atoms with Gasteiger partial charge in [0.05, 0.1) is 0 Å². The van der Waals surface area contributed by atoms with Gasteiger partial charge >= 0.3 is 12.1 Å². The Morgan fingerprint density at radius 3 is 1.95 bits per heavy atom. The van der Waals surface area contributed by atoms with Gasteiger partial charge in [-0.15, -0.1) is 0 Å². The van der Waals surface area contributed by atoms with Crippen molar-refractivity contribution in [1.29, 1.82) is 0 Å². The summed E-state index contributed by atoms with van der Waals surface area (Å²) in [5.74, 6) is -1.70. The van der Waals surface area contributed by atoms with Crippen LogP contribution >= 0.6 is 0 Å². The highest BCUT2D eigenvalue weighted by Gasteiger charge is 2.54. The van der Waals surface area contributed by atoms with E-state index in [0.29, 0.717) is 0 Å². The predicted octanol–water partition coefficient (Wildman–Crippen LogP) is -1.00. The first-order valence-electron chi connectivity index (χ1n) is 5.38. The molecule has 0 atom stereocenters. The van der Waals surface area contributed by atoms with E-state index >= 15 is 0 Å². The van der Waals surface area contributed by atoms with Crippen LogP contribution in [0.5, 0.6) is 0 Å². The quantitative estimate of drug-likeness (QED) is 0.513. The summed E-state index contributed by atoms with van der Waals surface area (Å²) < 4.78 is 0. The number of likely N-dealkylation sites (N-methyl/N-ethyl adjacent to an activating group) is 2. The molecule has 106 valence electrons. The third-order valence-electron chi connectivity index (χ3n) is 2.75. The standard InChI is InChI=1S/C10H16N4O5/c1-10(19-11-8(17)12(2)3)6(15)13(4)9(18)14(5)7(10)16/h1-5H3,(H,11,17). The van der Waals surface area contributed by atoms with Gasteiger partial charge in [-0.05, 0) is 6.92 Å². The summed E-state index contributed by atoms with van der Waals surface area (Å²) in [6, 6.07) is -1.39. The normalized spacial score (nSPS) is 18.7. The molecule has 9 nitrogen and oxygen atoms in total. The summed E-state index contributed by atoms with van der Waals surface area (Å²) in [5, 5.41) is 0. The van der Waals surface area contributed by atoms with Crippen LogP contribution in [-0.2, 0) is 14.4 Å². The second-order valence-corrected chi connectivity index (χ2v) is 4.45. The number of amides is 6. The van der Waals surface area contributed by atoms with Crippen LogP contribution < -0.4 is 5.48 Å². The van der Waals surface area contributed by atoms with Crippen molar-refractivity contribution in [3.8, 4) is 0 Å². The number of barbiturate groups is 1. The van der Waals surface area contributed by atoms with E-state index in [0.717, 1.165) is 9.80 Å². The van der Waals surface area contributed by atoms with Gasteiger partial charge in [-0.1, -0.05) is 0 Å². The lowest BCUT2D eigenvalue weighted by atomic mass is 10.0. The van der Waals surface area contributed by atoms with Crippen LogP contribution in [0.4, 0.5) is 9.59 Å². The van der Waals surface area contributed by atoms with Crippen LogP contribution in [0.25, 0.3) is 0 Å². The molecule has 1 rings (SSSR count). The molecule has 0 unspecified atom stereocenters. The Balaban J connectivity index is 2.95. The molecule has 1 aliphatic heterocycles. The number of rotatable bonds is 2. The van der Waals surface area contributed by atoms with E-state index in [1.54, 1.807) is 0 Å². The van der Waals surface area contributed by atoms with Crippen molar-refractivity contribution in [2.45, 2.75) is 12.5 Å². The minimum atomic E-state index is -1.97. The summed E-state index contributed by atoms with van der Waals surface area (Å²) in [5.41, 5.74) is 0.0206. The zero-order chi connectivity index (χ0) is 15.0. The Bertz CT molecular complexity index is 423. The molecule has 6 amide bonds. The number of imide groups is 2. The van der Waals surface area contributed by atoms with Crippen molar-refractivity contribution in [2.24, 2.45) is 0 Å². The van der Waals surface area contributed by atoms with E-state index in [9.17, 15) is 19.2 Å². The molecule has 1 fully saturated rings. The lowest BCUT2D eigenvalue weighted by molar-refractivity contribution is -0.179. The van der Waals surface area contributed by atoms with E-state index in [2.05, 4.69) is 0 Å². The summed E-state index contributed by atoms with van der Waals surface area (Å²) in [7, 11) is 5.38. The van der Waals surface area contributed by atoms with Crippen molar-refractivity contribution < 1.29 is 24.0 Å². The van der Waals surface area contributed by atoms with Gasteiger partial charge in [0.1, 0.15) is 0 Å². The third kappa shape index (κ3) is 2.36. The molecule has 1 saturated heterocycles. The van der Waals surface area contributed by atoms with Gasteiger partial charge in [0, 0.05) is 28.2 Å². The van der Waals surface area contributed by atoms with E-state index in [1.807, 2.05) is 5.48 Å². The number of carbonyl (C=O) groups excluding carboxylic acids is 4. The van der Waals surface area contributed by atoms with Crippen LogP contribution in [0.3, 0.4) is 0 Å². The SMILES string of the molecule is CN(C)C(=O)NOC1(C)C(=O)N(C)C(=O)N(C)C1=O. The highest BCUT2D eigenvalue weighted by atomic mass is 16.7. The molecule has 9 heteroatoms. The van der Waals surface area contributed by atoms with Gasteiger partial charge in [-0.25, -0.2) is 19.9 Å². The molecule has 0 saturated carbocycles. The van der Waals surface area contributed by atoms with Gasteiger partial charge in [0.2, 0.25) is 5.60 Å². The number of urea groups is 2. The van der Waals surface area contributed by atoms with Gasteiger partial charge in [0.25, 0.3) is 11.8 Å². The molecule has 1 heterocycles. The zero-order valence-electron chi connectivity index (χ0n) is 11.4. The van der Waals surface area contributed by atoms with Gasteiger partial charge in [-0.3, -0.25) is 19.4 Å². The Hall–Kier alpha value is -2.16. The summed E-state index contributed by atoms with van der Waals surface area (Å²) in [4.78, 5) is 54.4. The molecular formula is C10H16N4O5. The lowest BCUT2D eigenvalue weighted by Gasteiger charge is -2.38. The highest BCUT2D eigenvalue weighted by molar-refractivity contribution is 6.20. The summed E-state index contributed by atoms with van der Waals surface area (Å²) >= 11 is 0. The van der Waals surface area contributed by atoms with Crippen molar-refractivity contribution in [3.05, 3.63) is 0 Å². The first-order chi connectivity index (χ1) is 8.62. The Morgan fingerprint density at radius 2 is 1.58 bits per heavy atom. The van der Waals surface area contributed by atoms with Gasteiger partial charge in [0.15, 0.2) is 0 Å². The fraction of sp³-hybridized carbons (Fsp3) is 0.600. The number of hydrogen-bond acceptors (Lipinski definition) is 5. The third-order valence-corrected chi connectivity index (χ3v) is 2.75. The maximum Gasteiger partial charge on any atom is 0.340 e. The molecule has 0 radical (unpaired) electrons. The number of nitrogens with one attached hydrogen (secondary N) is 1. The predicted molar refractivity (Wildman–Crippen MR) is 62.6 cm³/mol. The van der Waals surface area contributed by atoms with Crippen LogP contribution in [0.2, 0.25) is 0 Å². The van der Waals surface area contributed by atoms with Gasteiger partial charge < -0.3 is 4.90 Å². The summed E-state index contributed by atoms with van der Waals surface area (Å²) in [6.07, 6.45) is 0. The molecule has 0 spiro atoms. The molecule has 0 aromatic rings. The monoisotopic (exact) mass is 272 g/mol. The van der Waals surface area contributed by atoms with E-state index in [-0.39, 0.29) is 0 Å². The van der Waals surface area contributed by atoms with Crippen LogP contribution in [0.1, 0.15) is 6.92 Å². The van der Waals surface area contributed by atoms with Crippen molar-refractivity contribution >= 4 is 23.9 Å². The molecule has 1 N–H and O–H groups in total. The Kier molecular flexibility index (Phi) is 3.80.